The van der Waals surface area contributed by atoms with E-state index in [-0.39, 0.29) is 18.0 Å². The molecule has 0 aromatic carbocycles. The summed E-state index contributed by atoms with van der Waals surface area (Å²) in [5, 5.41) is 16.0. The summed E-state index contributed by atoms with van der Waals surface area (Å²) in [6.07, 6.45) is 4.40. The number of carbonyl (C=O) groups is 1. The maximum atomic E-state index is 13.2. The van der Waals surface area contributed by atoms with Gasteiger partial charge in [-0.05, 0) is 52.5 Å². The molecule has 8 heteroatoms. The van der Waals surface area contributed by atoms with E-state index in [1.54, 1.807) is 6.33 Å². The van der Waals surface area contributed by atoms with Gasteiger partial charge < -0.3 is 14.4 Å². The predicted octanol–water partition coefficient (Wildman–Crippen LogP) is 2.68. The van der Waals surface area contributed by atoms with Crippen molar-refractivity contribution in [3.63, 3.8) is 0 Å². The summed E-state index contributed by atoms with van der Waals surface area (Å²) in [5.41, 5.74) is 3.72. The topological polar surface area (TPSA) is 98.7 Å². The lowest BCUT2D eigenvalue weighted by Crippen LogP contribution is -2.30. The fourth-order valence-corrected chi connectivity index (χ4v) is 3.66. The number of rotatable bonds is 4. The second kappa shape index (κ2) is 6.19. The Balaban J connectivity index is 1.73. The fourth-order valence-electron chi connectivity index (χ4n) is 3.66. The molecule has 0 radical (unpaired) electrons. The second-order valence-corrected chi connectivity index (χ2v) is 7.10. The Morgan fingerprint density at radius 2 is 2.12 bits per heavy atom. The van der Waals surface area contributed by atoms with Crippen LogP contribution in [0.5, 0.6) is 0 Å². The van der Waals surface area contributed by atoms with Crippen LogP contribution in [-0.2, 0) is 12.8 Å². The summed E-state index contributed by atoms with van der Waals surface area (Å²) in [6, 6.07) is -0.0515. The molecule has 136 valence electrons. The van der Waals surface area contributed by atoms with Crippen molar-refractivity contribution in [1.82, 2.24) is 30.2 Å². The third-order valence-electron chi connectivity index (χ3n) is 4.94. The first-order valence-electron chi connectivity index (χ1n) is 8.95. The van der Waals surface area contributed by atoms with Crippen molar-refractivity contribution in [1.29, 1.82) is 0 Å². The van der Waals surface area contributed by atoms with E-state index in [1.165, 1.54) is 0 Å². The summed E-state index contributed by atoms with van der Waals surface area (Å²) in [7, 11) is 0. The molecule has 26 heavy (non-hydrogen) atoms. The Labute approximate surface area is 151 Å². The lowest BCUT2D eigenvalue weighted by atomic mass is 10.0. The molecule has 0 bridgehead atoms. The number of hydrogen-bond donors (Lipinski definition) is 1. The van der Waals surface area contributed by atoms with Crippen molar-refractivity contribution < 1.29 is 9.32 Å². The summed E-state index contributed by atoms with van der Waals surface area (Å²) in [4.78, 5) is 17.7. The van der Waals surface area contributed by atoms with Crippen molar-refractivity contribution >= 4 is 17.0 Å². The minimum absolute atomic E-state index is 0.146. The lowest BCUT2D eigenvalue weighted by Gasteiger charge is -2.18. The highest BCUT2D eigenvalue weighted by molar-refractivity contribution is 6.07. The molecule has 4 rings (SSSR count). The minimum atomic E-state index is -0.271. The molecule has 0 fully saturated rings. The van der Waals surface area contributed by atoms with Gasteiger partial charge in [-0.15, -0.1) is 10.2 Å². The van der Waals surface area contributed by atoms with E-state index in [0.717, 1.165) is 36.3 Å². The van der Waals surface area contributed by atoms with Crippen LogP contribution in [-0.4, -0.2) is 30.8 Å². The van der Waals surface area contributed by atoms with Crippen LogP contribution < -0.4 is 5.32 Å². The van der Waals surface area contributed by atoms with E-state index < -0.39 is 0 Å². The standard InChI is InChI=1S/C18H22N6O2/c1-9(2)24-8-19-22-16(24)11(4)20-17(25)15-12-6-5-7-13(12)21-18-14(15)10(3)23-26-18/h8-9,11H,5-7H2,1-4H3,(H,20,25)/t11-/m1/s1. The third-order valence-corrected chi connectivity index (χ3v) is 4.94. The molecule has 0 saturated carbocycles. The Bertz CT molecular complexity index is 987. The molecule has 1 aliphatic rings. The number of fused-ring (bicyclic) bond motifs is 2. The lowest BCUT2D eigenvalue weighted by molar-refractivity contribution is 0.0938. The SMILES string of the molecule is Cc1noc2nc3c(c(C(=O)N[C@H](C)c4nncn4C(C)C)c12)CCC3. The van der Waals surface area contributed by atoms with Gasteiger partial charge in [-0.25, -0.2) is 4.98 Å². The zero-order valence-electron chi connectivity index (χ0n) is 15.4. The molecule has 1 atom stereocenters. The number of pyridine rings is 1. The van der Waals surface area contributed by atoms with Crippen LogP contribution in [0.4, 0.5) is 0 Å². The molecule has 0 unspecified atom stereocenters. The van der Waals surface area contributed by atoms with E-state index >= 15 is 0 Å². The summed E-state index contributed by atoms with van der Waals surface area (Å²) >= 11 is 0. The number of aromatic nitrogens is 5. The van der Waals surface area contributed by atoms with Crippen LogP contribution in [0.1, 0.15) is 72.4 Å². The van der Waals surface area contributed by atoms with Crippen LogP contribution in [0.25, 0.3) is 11.1 Å². The van der Waals surface area contributed by atoms with Gasteiger partial charge in [0.15, 0.2) is 5.82 Å². The molecule has 0 saturated heterocycles. The third kappa shape index (κ3) is 2.56. The number of nitrogens with zero attached hydrogens (tertiary/aromatic N) is 5. The molecular weight excluding hydrogens is 332 g/mol. The smallest absolute Gasteiger partial charge is 0.259 e. The van der Waals surface area contributed by atoms with Gasteiger partial charge in [-0.2, -0.15) is 0 Å². The first-order valence-corrected chi connectivity index (χ1v) is 8.95. The molecule has 3 aromatic heterocycles. The highest BCUT2D eigenvalue weighted by Gasteiger charge is 2.28. The van der Waals surface area contributed by atoms with E-state index in [2.05, 4.69) is 39.5 Å². The van der Waals surface area contributed by atoms with Crippen LogP contribution >= 0.6 is 0 Å². The van der Waals surface area contributed by atoms with Gasteiger partial charge >= 0.3 is 0 Å². The Morgan fingerprint density at radius 1 is 1.31 bits per heavy atom. The van der Waals surface area contributed by atoms with Crippen molar-refractivity contribution in [2.45, 2.75) is 59.0 Å². The van der Waals surface area contributed by atoms with E-state index in [4.69, 9.17) is 4.52 Å². The molecular formula is C18H22N6O2. The van der Waals surface area contributed by atoms with Crippen LogP contribution in [0.3, 0.4) is 0 Å². The molecule has 0 spiro atoms. The van der Waals surface area contributed by atoms with Gasteiger partial charge in [-0.3, -0.25) is 4.79 Å². The van der Waals surface area contributed by atoms with Crippen LogP contribution in [0, 0.1) is 6.92 Å². The van der Waals surface area contributed by atoms with Crippen molar-refractivity contribution in [2.75, 3.05) is 0 Å². The van der Waals surface area contributed by atoms with Gasteiger partial charge in [-0.1, -0.05) is 5.16 Å². The minimum Gasteiger partial charge on any atom is -0.342 e. The molecule has 8 nitrogen and oxygen atoms in total. The molecule has 3 heterocycles. The number of carbonyl (C=O) groups excluding carboxylic acids is 1. The number of nitrogens with one attached hydrogen (secondary N) is 1. The maximum absolute atomic E-state index is 13.2. The summed E-state index contributed by atoms with van der Waals surface area (Å²) < 4.78 is 7.29. The highest BCUT2D eigenvalue weighted by Crippen LogP contribution is 2.32. The largest absolute Gasteiger partial charge is 0.342 e. The molecule has 1 aliphatic carbocycles. The van der Waals surface area contributed by atoms with E-state index in [0.29, 0.717) is 22.4 Å². The number of aryl methyl sites for hydroxylation is 2. The van der Waals surface area contributed by atoms with Crippen LogP contribution in [0.15, 0.2) is 10.9 Å². The van der Waals surface area contributed by atoms with E-state index in [9.17, 15) is 4.79 Å². The number of hydrogen-bond acceptors (Lipinski definition) is 6. The quantitative estimate of drug-likeness (QED) is 0.773. The summed E-state index contributed by atoms with van der Waals surface area (Å²) in [6.45, 7) is 7.87. The first-order chi connectivity index (χ1) is 12.5. The number of amides is 1. The Morgan fingerprint density at radius 3 is 2.88 bits per heavy atom. The van der Waals surface area contributed by atoms with Crippen molar-refractivity contribution in [3.05, 3.63) is 34.7 Å². The fraction of sp³-hybridized carbons (Fsp3) is 0.500. The molecule has 1 amide bonds. The van der Waals surface area contributed by atoms with E-state index in [1.807, 2.05) is 18.4 Å². The Hall–Kier alpha value is -2.77. The molecule has 0 aliphatic heterocycles. The van der Waals surface area contributed by atoms with Gasteiger partial charge in [0.25, 0.3) is 11.6 Å². The predicted molar refractivity (Wildman–Crippen MR) is 94.9 cm³/mol. The van der Waals surface area contributed by atoms with Gasteiger partial charge in [0.05, 0.1) is 22.7 Å². The molecule has 1 N–H and O–H groups in total. The zero-order valence-corrected chi connectivity index (χ0v) is 15.4. The van der Waals surface area contributed by atoms with Gasteiger partial charge in [0.1, 0.15) is 6.33 Å². The average molecular weight is 354 g/mol. The zero-order chi connectivity index (χ0) is 18.4. The van der Waals surface area contributed by atoms with Crippen LogP contribution in [0.2, 0.25) is 0 Å². The van der Waals surface area contributed by atoms with Crippen molar-refractivity contribution in [3.8, 4) is 0 Å². The second-order valence-electron chi connectivity index (χ2n) is 7.10. The average Bonchev–Trinajstić information content (AvgIpc) is 3.32. The Kier molecular flexibility index (Phi) is 3.97. The monoisotopic (exact) mass is 354 g/mol. The van der Waals surface area contributed by atoms with Gasteiger partial charge in [0.2, 0.25) is 0 Å². The normalized spacial score (nSPS) is 14.8. The summed E-state index contributed by atoms with van der Waals surface area (Å²) in [5.74, 6) is 0.588. The molecule has 3 aromatic rings. The highest BCUT2D eigenvalue weighted by atomic mass is 16.5. The first kappa shape index (κ1) is 16.7. The maximum Gasteiger partial charge on any atom is 0.259 e. The van der Waals surface area contributed by atoms with Gasteiger partial charge in [0, 0.05) is 11.7 Å². The van der Waals surface area contributed by atoms with Crippen molar-refractivity contribution in [2.24, 2.45) is 0 Å².